The summed E-state index contributed by atoms with van der Waals surface area (Å²) in [7, 11) is 0. The standard InChI is InChI=1S/C19H14BrFN6O/c20-15-10-22-19(26-18(15)24-12-3-1-11(21)2-4-12)25-13-5-6-14(17(28)9-13)16-7-8-23-27-16/h1-10,28H,(H,23,27)(H2,22,24,25,26). The molecule has 28 heavy (non-hydrogen) atoms. The van der Waals surface area contributed by atoms with E-state index in [9.17, 15) is 9.50 Å². The first-order chi connectivity index (χ1) is 13.6. The largest absolute Gasteiger partial charge is 0.507 e. The van der Waals surface area contributed by atoms with Gasteiger partial charge in [-0.3, -0.25) is 5.10 Å². The van der Waals surface area contributed by atoms with Gasteiger partial charge in [0.25, 0.3) is 0 Å². The van der Waals surface area contributed by atoms with Crippen LogP contribution in [0.15, 0.2) is 65.4 Å². The molecule has 0 saturated carbocycles. The molecule has 0 fully saturated rings. The van der Waals surface area contributed by atoms with E-state index < -0.39 is 0 Å². The lowest BCUT2D eigenvalue weighted by molar-refractivity contribution is 0.477. The van der Waals surface area contributed by atoms with Crippen LogP contribution in [0.2, 0.25) is 0 Å². The molecule has 2 aromatic carbocycles. The van der Waals surface area contributed by atoms with Crippen molar-refractivity contribution in [1.82, 2.24) is 20.2 Å². The number of hydrogen-bond donors (Lipinski definition) is 4. The van der Waals surface area contributed by atoms with E-state index in [1.54, 1.807) is 48.8 Å². The van der Waals surface area contributed by atoms with Gasteiger partial charge in [0.05, 0.1) is 10.2 Å². The molecule has 0 atom stereocenters. The third-order valence-electron chi connectivity index (χ3n) is 3.90. The normalized spacial score (nSPS) is 10.6. The van der Waals surface area contributed by atoms with Crippen LogP contribution in [-0.2, 0) is 0 Å². The first-order valence-electron chi connectivity index (χ1n) is 8.23. The predicted molar refractivity (Wildman–Crippen MR) is 108 cm³/mol. The number of halogens is 2. The van der Waals surface area contributed by atoms with Crippen LogP contribution in [0.25, 0.3) is 11.3 Å². The second-order valence-electron chi connectivity index (χ2n) is 5.85. The Morgan fingerprint density at radius 2 is 1.79 bits per heavy atom. The van der Waals surface area contributed by atoms with Gasteiger partial charge in [-0.25, -0.2) is 9.37 Å². The van der Waals surface area contributed by atoms with Crippen molar-refractivity contribution >= 4 is 39.1 Å². The average Bonchev–Trinajstić information content (AvgIpc) is 3.21. The van der Waals surface area contributed by atoms with E-state index in [-0.39, 0.29) is 11.6 Å². The third kappa shape index (κ3) is 3.94. The maximum absolute atomic E-state index is 13.1. The van der Waals surface area contributed by atoms with E-state index in [1.165, 1.54) is 12.1 Å². The zero-order valence-corrected chi connectivity index (χ0v) is 15.9. The summed E-state index contributed by atoms with van der Waals surface area (Å²) >= 11 is 3.39. The van der Waals surface area contributed by atoms with Gasteiger partial charge in [-0.15, -0.1) is 0 Å². The number of phenols is 1. The molecule has 0 unspecified atom stereocenters. The smallest absolute Gasteiger partial charge is 0.229 e. The van der Waals surface area contributed by atoms with Crippen molar-refractivity contribution < 1.29 is 9.50 Å². The summed E-state index contributed by atoms with van der Waals surface area (Å²) in [6, 6.07) is 12.9. The van der Waals surface area contributed by atoms with Crippen LogP contribution in [0, 0.1) is 5.82 Å². The van der Waals surface area contributed by atoms with Crippen LogP contribution in [0.4, 0.5) is 27.5 Å². The highest BCUT2D eigenvalue weighted by Crippen LogP contribution is 2.31. The molecular formula is C19H14BrFN6O. The number of benzene rings is 2. The van der Waals surface area contributed by atoms with Crippen molar-refractivity contribution in [2.75, 3.05) is 10.6 Å². The molecule has 0 bridgehead atoms. The SMILES string of the molecule is Oc1cc(Nc2ncc(Br)c(Nc3ccc(F)cc3)n2)ccc1-c1ccn[nH]1. The van der Waals surface area contributed by atoms with Gasteiger partial charge in [-0.05, 0) is 58.4 Å². The highest BCUT2D eigenvalue weighted by molar-refractivity contribution is 9.10. The monoisotopic (exact) mass is 440 g/mol. The van der Waals surface area contributed by atoms with Crippen molar-refractivity contribution in [1.29, 1.82) is 0 Å². The van der Waals surface area contributed by atoms with Crippen LogP contribution in [-0.4, -0.2) is 25.3 Å². The molecule has 0 radical (unpaired) electrons. The Morgan fingerprint density at radius 1 is 1.00 bits per heavy atom. The Kier molecular flexibility index (Phi) is 4.90. The van der Waals surface area contributed by atoms with Gasteiger partial charge >= 0.3 is 0 Å². The predicted octanol–water partition coefficient (Wildman–Crippen LogP) is 4.96. The first kappa shape index (κ1) is 17.9. The number of aromatic amines is 1. The zero-order valence-electron chi connectivity index (χ0n) is 14.3. The Hall–Kier alpha value is -3.46. The molecule has 0 aliphatic rings. The molecule has 0 aliphatic carbocycles. The fourth-order valence-corrected chi connectivity index (χ4v) is 2.85. The van der Waals surface area contributed by atoms with E-state index in [0.717, 1.165) is 5.69 Å². The summed E-state index contributed by atoms with van der Waals surface area (Å²) in [5.74, 6) is 0.632. The molecule has 4 aromatic rings. The number of aromatic nitrogens is 4. The minimum atomic E-state index is -0.312. The van der Waals surface area contributed by atoms with E-state index in [2.05, 4.69) is 46.7 Å². The Bertz CT molecular complexity index is 1100. The zero-order chi connectivity index (χ0) is 19.5. The quantitative estimate of drug-likeness (QED) is 0.350. The maximum atomic E-state index is 13.1. The molecule has 9 heteroatoms. The van der Waals surface area contributed by atoms with Gasteiger partial charge in [0.2, 0.25) is 5.95 Å². The molecule has 0 aliphatic heterocycles. The topological polar surface area (TPSA) is 98.8 Å². The molecule has 7 nitrogen and oxygen atoms in total. The summed E-state index contributed by atoms with van der Waals surface area (Å²) < 4.78 is 13.7. The van der Waals surface area contributed by atoms with E-state index in [1.807, 2.05) is 0 Å². The minimum Gasteiger partial charge on any atom is -0.507 e. The molecule has 4 N–H and O–H groups in total. The molecule has 2 heterocycles. The van der Waals surface area contributed by atoms with E-state index in [4.69, 9.17) is 0 Å². The van der Waals surface area contributed by atoms with E-state index >= 15 is 0 Å². The van der Waals surface area contributed by atoms with Crippen molar-refractivity contribution in [2.24, 2.45) is 0 Å². The number of hydrogen-bond acceptors (Lipinski definition) is 6. The number of nitrogens with zero attached hydrogens (tertiary/aromatic N) is 3. The number of aromatic hydroxyl groups is 1. The molecule has 0 saturated heterocycles. The van der Waals surface area contributed by atoms with E-state index in [0.29, 0.717) is 33.2 Å². The number of H-pyrrole nitrogens is 1. The van der Waals surface area contributed by atoms with Gasteiger partial charge in [-0.2, -0.15) is 10.1 Å². The summed E-state index contributed by atoms with van der Waals surface area (Å²) in [6.45, 7) is 0. The molecular weight excluding hydrogens is 427 g/mol. The van der Waals surface area contributed by atoms with Crippen molar-refractivity contribution in [3.05, 3.63) is 71.2 Å². The Labute approximate surface area is 167 Å². The fraction of sp³-hybridized carbons (Fsp3) is 0. The van der Waals surface area contributed by atoms with Gasteiger partial charge in [0.15, 0.2) is 0 Å². The van der Waals surface area contributed by atoms with Crippen molar-refractivity contribution in [3.8, 4) is 17.0 Å². The summed E-state index contributed by atoms with van der Waals surface area (Å²) in [5, 5.41) is 23.1. The molecule has 0 spiro atoms. The van der Waals surface area contributed by atoms with Crippen molar-refractivity contribution in [2.45, 2.75) is 0 Å². The second-order valence-corrected chi connectivity index (χ2v) is 6.70. The third-order valence-corrected chi connectivity index (χ3v) is 4.48. The molecule has 2 aromatic heterocycles. The Morgan fingerprint density at radius 3 is 2.50 bits per heavy atom. The number of anilines is 4. The summed E-state index contributed by atoms with van der Waals surface area (Å²) in [6.07, 6.45) is 3.21. The second kappa shape index (κ2) is 7.65. The average molecular weight is 441 g/mol. The van der Waals surface area contributed by atoms with Crippen LogP contribution in [0.5, 0.6) is 5.75 Å². The minimum absolute atomic E-state index is 0.0935. The number of phenolic OH excluding ortho intramolecular Hbond substituents is 1. The van der Waals surface area contributed by atoms with Gasteiger partial charge in [0, 0.05) is 35.4 Å². The van der Waals surface area contributed by atoms with Crippen LogP contribution >= 0.6 is 15.9 Å². The lowest BCUT2D eigenvalue weighted by atomic mass is 10.1. The molecule has 0 amide bonds. The van der Waals surface area contributed by atoms with Crippen LogP contribution in [0.1, 0.15) is 0 Å². The van der Waals surface area contributed by atoms with Gasteiger partial charge < -0.3 is 15.7 Å². The summed E-state index contributed by atoms with van der Waals surface area (Å²) in [4.78, 5) is 8.64. The van der Waals surface area contributed by atoms with Gasteiger partial charge in [-0.1, -0.05) is 0 Å². The lowest BCUT2D eigenvalue weighted by Crippen LogP contribution is -2.01. The number of nitrogens with one attached hydrogen (secondary N) is 3. The Balaban J connectivity index is 1.55. The number of rotatable bonds is 5. The fourth-order valence-electron chi connectivity index (χ4n) is 2.56. The van der Waals surface area contributed by atoms with Crippen LogP contribution in [0.3, 0.4) is 0 Å². The first-order valence-corrected chi connectivity index (χ1v) is 9.03. The maximum Gasteiger partial charge on any atom is 0.229 e. The van der Waals surface area contributed by atoms with Crippen molar-refractivity contribution in [3.63, 3.8) is 0 Å². The highest BCUT2D eigenvalue weighted by Gasteiger charge is 2.09. The van der Waals surface area contributed by atoms with Gasteiger partial charge in [0.1, 0.15) is 17.4 Å². The summed E-state index contributed by atoms with van der Waals surface area (Å²) in [5.41, 5.74) is 2.66. The molecule has 140 valence electrons. The van der Waals surface area contributed by atoms with Crippen LogP contribution < -0.4 is 10.6 Å². The molecule has 4 rings (SSSR count). The lowest BCUT2D eigenvalue weighted by Gasteiger charge is -2.11. The highest BCUT2D eigenvalue weighted by atomic mass is 79.9.